The topological polar surface area (TPSA) is 28.2 Å². The average molecular weight is 275 g/mol. The Morgan fingerprint density at radius 3 is 2.85 bits per heavy atom. The minimum absolute atomic E-state index is 0.611. The second kappa shape index (κ2) is 7.51. The molecule has 3 nitrogen and oxygen atoms in total. The lowest BCUT2D eigenvalue weighted by Gasteiger charge is -2.22. The van der Waals surface area contributed by atoms with E-state index in [9.17, 15) is 0 Å². The van der Waals surface area contributed by atoms with Crippen LogP contribution in [0.25, 0.3) is 0 Å². The monoisotopic (exact) mass is 275 g/mol. The second-order valence-corrected chi connectivity index (χ2v) is 6.27. The fourth-order valence-corrected chi connectivity index (χ4v) is 3.31. The van der Waals surface area contributed by atoms with Gasteiger partial charge in [0.25, 0.3) is 0 Å². The van der Waals surface area contributed by atoms with Crippen LogP contribution in [0, 0.1) is 5.92 Å². The first kappa shape index (κ1) is 15.1. The van der Waals surface area contributed by atoms with Crippen molar-refractivity contribution in [1.29, 1.82) is 0 Å². The first-order chi connectivity index (χ1) is 9.70. The SMILES string of the molecule is CCCC1CCCC(Nc2cccnc2N(C)C)CC1. The highest BCUT2D eigenvalue weighted by atomic mass is 15.2. The van der Waals surface area contributed by atoms with Crippen LogP contribution in [0.2, 0.25) is 0 Å². The number of rotatable bonds is 5. The molecule has 0 aromatic carbocycles. The number of hydrogen-bond donors (Lipinski definition) is 1. The van der Waals surface area contributed by atoms with E-state index in [1.165, 1.54) is 50.6 Å². The Kier molecular flexibility index (Phi) is 5.69. The maximum Gasteiger partial charge on any atom is 0.151 e. The molecule has 1 fully saturated rings. The molecule has 0 bridgehead atoms. The fraction of sp³-hybridized carbons (Fsp3) is 0.706. The fourth-order valence-electron chi connectivity index (χ4n) is 3.31. The zero-order valence-electron chi connectivity index (χ0n) is 13.2. The third kappa shape index (κ3) is 4.12. The number of aromatic nitrogens is 1. The van der Waals surface area contributed by atoms with E-state index >= 15 is 0 Å². The van der Waals surface area contributed by atoms with Gasteiger partial charge >= 0.3 is 0 Å². The van der Waals surface area contributed by atoms with E-state index in [-0.39, 0.29) is 0 Å². The van der Waals surface area contributed by atoms with Gasteiger partial charge in [0.2, 0.25) is 0 Å². The van der Waals surface area contributed by atoms with Crippen LogP contribution in [0.1, 0.15) is 51.9 Å². The lowest BCUT2D eigenvalue weighted by atomic mass is 9.95. The molecule has 0 spiro atoms. The van der Waals surface area contributed by atoms with Gasteiger partial charge in [-0.05, 0) is 37.3 Å². The van der Waals surface area contributed by atoms with Crippen LogP contribution in [0.15, 0.2) is 18.3 Å². The van der Waals surface area contributed by atoms with Crippen molar-refractivity contribution in [3.63, 3.8) is 0 Å². The van der Waals surface area contributed by atoms with Crippen molar-refractivity contribution in [2.24, 2.45) is 5.92 Å². The Morgan fingerprint density at radius 1 is 1.25 bits per heavy atom. The number of nitrogens with one attached hydrogen (secondary N) is 1. The minimum Gasteiger partial charge on any atom is -0.379 e. The van der Waals surface area contributed by atoms with E-state index in [0.717, 1.165) is 11.7 Å². The molecule has 112 valence electrons. The van der Waals surface area contributed by atoms with Gasteiger partial charge in [0, 0.05) is 26.3 Å². The Morgan fingerprint density at radius 2 is 2.10 bits per heavy atom. The molecule has 1 aliphatic rings. The van der Waals surface area contributed by atoms with Crippen LogP contribution in [0.4, 0.5) is 11.5 Å². The van der Waals surface area contributed by atoms with Crippen LogP contribution in [-0.4, -0.2) is 25.1 Å². The van der Waals surface area contributed by atoms with Crippen molar-refractivity contribution in [1.82, 2.24) is 4.98 Å². The van der Waals surface area contributed by atoms with Crippen molar-refractivity contribution < 1.29 is 0 Å². The van der Waals surface area contributed by atoms with Crippen LogP contribution in [-0.2, 0) is 0 Å². The molecule has 1 aromatic rings. The third-order valence-corrected chi connectivity index (χ3v) is 4.36. The molecular formula is C17H29N3. The summed E-state index contributed by atoms with van der Waals surface area (Å²) >= 11 is 0. The van der Waals surface area contributed by atoms with Crippen molar-refractivity contribution in [2.75, 3.05) is 24.3 Å². The first-order valence-corrected chi connectivity index (χ1v) is 8.09. The molecule has 3 heteroatoms. The molecule has 1 aliphatic carbocycles. The molecule has 1 saturated carbocycles. The summed E-state index contributed by atoms with van der Waals surface area (Å²) in [4.78, 5) is 6.56. The summed E-state index contributed by atoms with van der Waals surface area (Å²) in [6.07, 6.45) is 11.3. The largest absolute Gasteiger partial charge is 0.379 e. The highest BCUT2D eigenvalue weighted by Crippen LogP contribution is 2.30. The number of hydrogen-bond acceptors (Lipinski definition) is 3. The summed E-state index contributed by atoms with van der Waals surface area (Å²) < 4.78 is 0. The molecular weight excluding hydrogens is 246 g/mol. The van der Waals surface area contributed by atoms with Gasteiger partial charge in [-0.25, -0.2) is 4.98 Å². The summed E-state index contributed by atoms with van der Waals surface area (Å²) in [7, 11) is 4.11. The Bertz CT molecular complexity index is 403. The van der Waals surface area contributed by atoms with Crippen molar-refractivity contribution in [3.05, 3.63) is 18.3 Å². The standard InChI is InChI=1S/C17H29N3/c1-4-7-14-8-5-9-15(12-11-14)19-16-10-6-13-18-17(16)20(2)3/h6,10,13-15,19H,4-5,7-9,11-12H2,1-3H3. The molecule has 1 aromatic heterocycles. The number of anilines is 2. The van der Waals surface area contributed by atoms with Gasteiger partial charge in [-0.2, -0.15) is 0 Å². The van der Waals surface area contributed by atoms with Crippen molar-refractivity contribution in [2.45, 2.75) is 57.9 Å². The third-order valence-electron chi connectivity index (χ3n) is 4.36. The highest BCUT2D eigenvalue weighted by molar-refractivity contribution is 5.65. The van der Waals surface area contributed by atoms with Gasteiger partial charge in [0.15, 0.2) is 5.82 Å². The second-order valence-electron chi connectivity index (χ2n) is 6.27. The van der Waals surface area contributed by atoms with Crippen molar-refractivity contribution in [3.8, 4) is 0 Å². The summed E-state index contributed by atoms with van der Waals surface area (Å²) in [6.45, 7) is 2.31. The van der Waals surface area contributed by atoms with E-state index in [2.05, 4.69) is 42.3 Å². The Labute approximate surface area is 123 Å². The molecule has 0 radical (unpaired) electrons. The van der Waals surface area contributed by atoms with Crippen LogP contribution in [0.5, 0.6) is 0 Å². The number of pyridine rings is 1. The lowest BCUT2D eigenvalue weighted by molar-refractivity contribution is 0.422. The van der Waals surface area contributed by atoms with E-state index in [4.69, 9.17) is 0 Å². The minimum atomic E-state index is 0.611. The molecule has 0 amide bonds. The summed E-state index contributed by atoms with van der Waals surface area (Å²) in [5, 5.41) is 3.73. The van der Waals surface area contributed by atoms with Gasteiger partial charge in [-0.15, -0.1) is 0 Å². The quantitative estimate of drug-likeness (QED) is 0.812. The Balaban J connectivity index is 1.96. The molecule has 0 aliphatic heterocycles. The van der Waals surface area contributed by atoms with Crippen molar-refractivity contribution >= 4 is 11.5 Å². The van der Waals surface area contributed by atoms with Gasteiger partial charge in [0.1, 0.15) is 0 Å². The van der Waals surface area contributed by atoms with Crippen LogP contribution in [0.3, 0.4) is 0 Å². The predicted molar refractivity (Wildman–Crippen MR) is 87.5 cm³/mol. The zero-order valence-corrected chi connectivity index (χ0v) is 13.2. The molecule has 2 unspecified atom stereocenters. The smallest absolute Gasteiger partial charge is 0.151 e. The van der Waals surface area contributed by atoms with E-state index in [0.29, 0.717) is 6.04 Å². The summed E-state index contributed by atoms with van der Waals surface area (Å²) in [5.41, 5.74) is 1.18. The van der Waals surface area contributed by atoms with E-state index in [1.54, 1.807) is 0 Å². The number of nitrogens with zero attached hydrogens (tertiary/aromatic N) is 2. The van der Waals surface area contributed by atoms with E-state index < -0.39 is 0 Å². The lowest BCUT2D eigenvalue weighted by Crippen LogP contribution is -2.21. The van der Waals surface area contributed by atoms with Gasteiger partial charge in [0.05, 0.1) is 5.69 Å². The molecule has 1 N–H and O–H groups in total. The predicted octanol–water partition coefficient (Wildman–Crippen LogP) is 4.31. The first-order valence-electron chi connectivity index (χ1n) is 8.09. The summed E-state index contributed by atoms with van der Waals surface area (Å²) in [6, 6.07) is 4.78. The van der Waals surface area contributed by atoms with Gasteiger partial charge in [-0.3, -0.25) is 0 Å². The molecule has 0 saturated heterocycles. The highest BCUT2D eigenvalue weighted by Gasteiger charge is 2.19. The Hall–Kier alpha value is -1.25. The van der Waals surface area contributed by atoms with Gasteiger partial charge in [-0.1, -0.05) is 32.6 Å². The maximum absolute atomic E-state index is 4.47. The average Bonchev–Trinajstić information content (AvgIpc) is 2.65. The summed E-state index contributed by atoms with van der Waals surface area (Å²) in [5.74, 6) is 2.00. The van der Waals surface area contributed by atoms with Crippen LogP contribution >= 0.6 is 0 Å². The normalized spacial score (nSPS) is 23.1. The van der Waals surface area contributed by atoms with Crippen LogP contribution < -0.4 is 10.2 Å². The zero-order chi connectivity index (χ0) is 14.4. The molecule has 1 heterocycles. The van der Waals surface area contributed by atoms with Gasteiger partial charge < -0.3 is 10.2 Å². The van der Waals surface area contributed by atoms with E-state index in [1.807, 2.05) is 12.3 Å². The maximum atomic E-state index is 4.47. The molecule has 2 rings (SSSR count). The molecule has 2 atom stereocenters. The molecule has 20 heavy (non-hydrogen) atoms.